The van der Waals surface area contributed by atoms with Gasteiger partial charge in [0, 0.05) is 11.3 Å². The topological polar surface area (TPSA) is 50.8 Å². The van der Waals surface area contributed by atoms with Gasteiger partial charge in [0.1, 0.15) is 18.2 Å². The van der Waals surface area contributed by atoms with Gasteiger partial charge in [-0.15, -0.1) is 0 Å². The van der Waals surface area contributed by atoms with Gasteiger partial charge >= 0.3 is 6.03 Å². The van der Waals surface area contributed by atoms with Crippen molar-refractivity contribution in [2.24, 2.45) is 0 Å². The highest BCUT2D eigenvalue weighted by atomic mass is 19.1. The molecule has 3 aromatic carbocycles. The summed E-state index contributed by atoms with van der Waals surface area (Å²) < 4.78 is 24.8. The van der Waals surface area contributed by atoms with Crippen LogP contribution in [0.25, 0.3) is 0 Å². The van der Waals surface area contributed by atoms with Crippen LogP contribution in [0, 0.1) is 12.7 Å². The Morgan fingerprint density at radius 1 is 1.03 bits per heavy atom. The summed E-state index contributed by atoms with van der Waals surface area (Å²) in [6, 6.07) is 19.7. The van der Waals surface area contributed by atoms with Gasteiger partial charge in [0.25, 0.3) is 0 Å². The van der Waals surface area contributed by atoms with Crippen LogP contribution in [-0.2, 0) is 24.5 Å². The zero-order valence-corrected chi connectivity index (χ0v) is 17.4. The van der Waals surface area contributed by atoms with Gasteiger partial charge in [0.15, 0.2) is 0 Å². The fourth-order valence-corrected chi connectivity index (χ4v) is 3.42. The summed E-state index contributed by atoms with van der Waals surface area (Å²) in [5.41, 5.74) is 4.86. The summed E-state index contributed by atoms with van der Waals surface area (Å²) in [7, 11) is 0. The molecule has 1 aliphatic heterocycles. The minimum atomic E-state index is -0.341. The fourth-order valence-electron chi connectivity index (χ4n) is 3.42. The predicted octanol–water partition coefficient (Wildman–Crippen LogP) is 5.28. The molecule has 2 amide bonds. The molecule has 0 bridgehead atoms. The van der Waals surface area contributed by atoms with Gasteiger partial charge in [-0.05, 0) is 54.4 Å². The van der Waals surface area contributed by atoms with Crippen molar-refractivity contribution in [3.05, 3.63) is 94.8 Å². The molecule has 0 spiro atoms. The van der Waals surface area contributed by atoms with E-state index >= 15 is 0 Å². The van der Waals surface area contributed by atoms with Crippen LogP contribution in [0.2, 0.25) is 0 Å². The molecule has 31 heavy (non-hydrogen) atoms. The molecule has 3 aromatic rings. The first-order chi connectivity index (χ1) is 15.1. The number of fused-ring (bicyclic) bond motifs is 1. The van der Waals surface area contributed by atoms with Gasteiger partial charge in [-0.25, -0.2) is 9.18 Å². The lowest BCUT2D eigenvalue weighted by Gasteiger charge is -2.20. The molecule has 1 aliphatic rings. The maximum Gasteiger partial charge on any atom is 0.322 e. The van der Waals surface area contributed by atoms with E-state index in [0.717, 1.165) is 22.4 Å². The van der Waals surface area contributed by atoms with Gasteiger partial charge in [-0.2, -0.15) is 0 Å². The van der Waals surface area contributed by atoms with Crippen molar-refractivity contribution in [3.8, 4) is 5.75 Å². The van der Waals surface area contributed by atoms with E-state index in [-0.39, 0.29) is 11.8 Å². The number of nitrogens with zero attached hydrogens (tertiary/aromatic N) is 1. The Labute approximate surface area is 181 Å². The Hall–Kier alpha value is -3.38. The molecule has 4 rings (SSSR count). The first-order valence-electron chi connectivity index (χ1n) is 10.3. The molecule has 0 saturated heterocycles. The number of aryl methyl sites for hydroxylation is 1. The highest BCUT2D eigenvalue weighted by Crippen LogP contribution is 2.25. The van der Waals surface area contributed by atoms with Gasteiger partial charge in [0.05, 0.1) is 26.3 Å². The number of carbonyl (C=O) groups excluding carboxylic acids is 1. The van der Waals surface area contributed by atoms with E-state index in [4.69, 9.17) is 9.47 Å². The van der Waals surface area contributed by atoms with Crippen LogP contribution in [-0.4, -0.2) is 24.1 Å². The average Bonchev–Trinajstić information content (AvgIpc) is 2.99. The van der Waals surface area contributed by atoms with Gasteiger partial charge < -0.3 is 19.7 Å². The molecule has 0 aromatic heterocycles. The zero-order valence-electron chi connectivity index (χ0n) is 17.4. The van der Waals surface area contributed by atoms with E-state index < -0.39 is 0 Å². The third kappa shape index (κ3) is 5.61. The van der Waals surface area contributed by atoms with E-state index in [1.807, 2.05) is 18.2 Å². The van der Waals surface area contributed by atoms with E-state index in [2.05, 4.69) is 36.5 Å². The first-order valence-corrected chi connectivity index (χ1v) is 10.3. The molecule has 0 unspecified atom stereocenters. The monoisotopic (exact) mass is 420 g/mol. The SMILES string of the molecule is Cc1ccc(COCc2ccc3c(c2)CN(C(=O)Nc2ccc(F)cc2)CCO3)cc1. The number of rotatable bonds is 5. The first kappa shape index (κ1) is 20.9. The van der Waals surface area contributed by atoms with Crippen molar-refractivity contribution in [1.82, 2.24) is 4.90 Å². The Bertz CT molecular complexity index is 1040. The quantitative estimate of drug-likeness (QED) is 0.611. The summed E-state index contributed by atoms with van der Waals surface area (Å²) in [5.74, 6) is 0.437. The molecular formula is C25H25FN2O3. The van der Waals surface area contributed by atoms with E-state index in [1.54, 1.807) is 17.0 Å². The average molecular weight is 420 g/mol. The van der Waals surface area contributed by atoms with Crippen molar-refractivity contribution >= 4 is 11.7 Å². The Morgan fingerprint density at radius 2 is 1.74 bits per heavy atom. The third-order valence-corrected chi connectivity index (χ3v) is 5.15. The van der Waals surface area contributed by atoms with E-state index in [9.17, 15) is 9.18 Å². The minimum absolute atomic E-state index is 0.246. The zero-order chi connectivity index (χ0) is 21.6. The molecule has 0 aliphatic carbocycles. The normalized spacial score (nSPS) is 13.2. The maximum absolute atomic E-state index is 13.1. The second-order valence-corrected chi connectivity index (χ2v) is 7.63. The lowest BCUT2D eigenvalue weighted by molar-refractivity contribution is 0.107. The molecule has 5 nitrogen and oxygen atoms in total. The summed E-state index contributed by atoms with van der Waals surface area (Å²) in [5, 5.41) is 2.81. The number of anilines is 1. The Kier molecular flexibility index (Phi) is 6.48. The van der Waals surface area contributed by atoms with Gasteiger partial charge in [0.2, 0.25) is 0 Å². The van der Waals surface area contributed by atoms with Crippen molar-refractivity contribution in [1.29, 1.82) is 0 Å². The van der Waals surface area contributed by atoms with Gasteiger partial charge in [-0.1, -0.05) is 35.9 Å². The molecule has 0 atom stereocenters. The van der Waals surface area contributed by atoms with Crippen LogP contribution in [0.15, 0.2) is 66.7 Å². The van der Waals surface area contributed by atoms with Crippen LogP contribution in [0.5, 0.6) is 5.75 Å². The number of hydrogen-bond acceptors (Lipinski definition) is 3. The largest absolute Gasteiger partial charge is 0.491 e. The molecule has 1 N–H and O–H groups in total. The van der Waals surface area contributed by atoms with Crippen LogP contribution >= 0.6 is 0 Å². The lowest BCUT2D eigenvalue weighted by atomic mass is 10.1. The number of carbonyl (C=O) groups is 1. The van der Waals surface area contributed by atoms with E-state index in [1.165, 1.54) is 17.7 Å². The van der Waals surface area contributed by atoms with Crippen LogP contribution in [0.4, 0.5) is 14.9 Å². The summed E-state index contributed by atoms with van der Waals surface area (Å²) in [4.78, 5) is 14.4. The van der Waals surface area contributed by atoms with Crippen molar-refractivity contribution in [2.75, 3.05) is 18.5 Å². The molecule has 0 radical (unpaired) electrons. The number of urea groups is 1. The van der Waals surface area contributed by atoms with Crippen molar-refractivity contribution < 1.29 is 18.7 Å². The van der Waals surface area contributed by atoms with Gasteiger partial charge in [-0.3, -0.25) is 0 Å². The minimum Gasteiger partial charge on any atom is -0.491 e. The Morgan fingerprint density at radius 3 is 2.52 bits per heavy atom. The molecule has 6 heteroatoms. The second kappa shape index (κ2) is 9.62. The summed E-state index contributed by atoms with van der Waals surface area (Å²) >= 11 is 0. The van der Waals surface area contributed by atoms with Crippen LogP contribution < -0.4 is 10.1 Å². The number of benzene rings is 3. The molecule has 0 saturated carbocycles. The molecule has 1 heterocycles. The third-order valence-electron chi connectivity index (χ3n) is 5.15. The highest BCUT2D eigenvalue weighted by Gasteiger charge is 2.20. The maximum atomic E-state index is 13.1. The highest BCUT2D eigenvalue weighted by molar-refractivity contribution is 5.89. The summed E-state index contributed by atoms with van der Waals surface area (Å²) in [6.45, 7) is 4.37. The van der Waals surface area contributed by atoms with E-state index in [0.29, 0.717) is 38.6 Å². The number of nitrogens with one attached hydrogen (secondary N) is 1. The van der Waals surface area contributed by atoms with Crippen molar-refractivity contribution in [2.45, 2.75) is 26.7 Å². The van der Waals surface area contributed by atoms with Crippen LogP contribution in [0.1, 0.15) is 22.3 Å². The number of amides is 2. The summed E-state index contributed by atoms with van der Waals surface area (Å²) in [6.07, 6.45) is 0. The molecule has 160 valence electrons. The Balaban J connectivity index is 1.38. The number of hydrogen-bond donors (Lipinski definition) is 1. The number of halogens is 1. The standard InChI is InChI=1S/C25H25FN2O3/c1-18-2-4-19(5-3-18)16-30-17-20-6-11-24-21(14-20)15-28(12-13-31-24)25(29)27-23-9-7-22(26)8-10-23/h2-11,14H,12-13,15-17H2,1H3,(H,27,29). The van der Waals surface area contributed by atoms with Crippen molar-refractivity contribution in [3.63, 3.8) is 0 Å². The lowest BCUT2D eigenvalue weighted by Crippen LogP contribution is -2.36. The smallest absolute Gasteiger partial charge is 0.322 e. The number of ether oxygens (including phenoxy) is 2. The van der Waals surface area contributed by atoms with Crippen LogP contribution in [0.3, 0.4) is 0 Å². The molecule has 0 fully saturated rings. The predicted molar refractivity (Wildman–Crippen MR) is 117 cm³/mol. The fraction of sp³-hybridized carbons (Fsp3) is 0.240. The second-order valence-electron chi connectivity index (χ2n) is 7.63. The molecular weight excluding hydrogens is 395 g/mol.